The van der Waals surface area contributed by atoms with Crippen molar-refractivity contribution in [1.29, 1.82) is 10.5 Å². The maximum atomic E-state index is 9.12. The topological polar surface area (TPSA) is 604 Å². The number of carbonyl (C=O) groups excluding carboxylic acids is 8. The first-order valence-electron chi connectivity index (χ1n) is 38.9. The van der Waals surface area contributed by atoms with Crippen LogP contribution in [0.4, 0.5) is 46.8 Å². The summed E-state index contributed by atoms with van der Waals surface area (Å²) in [5, 5.41) is 60.9. The van der Waals surface area contributed by atoms with E-state index in [1.165, 1.54) is 0 Å². The number of terminal acetylenes is 1. The SMILES string of the molecule is C#Cc1cc(-c2cccc(C#N)c2)nc(N)n1.CC(C)(C)[Si](C)(C)OCc1cccc(N)n1.CCBr.CCNc1cccc(CN=[N+]=[N-])n1.CCNc1cccc(CO)n1.CCNc1cccc(CO[Si](C)(C)C(C)(C)C)n1.CNc1cccc(Cn2cc(-c3cc(-c4cccc(C#N)c4)nc(N)n3)nn2)n1.Nc1cccc(CO)n1.O=C=O.O=C=O.O=C=O.O=C=O. The van der Waals surface area contributed by atoms with Gasteiger partial charge in [0, 0.05) is 53.7 Å². The Bertz CT molecular complexity index is 5410. The normalized spacial score (nSPS) is 9.77. The number of anilines is 8. The predicted octanol–water partition coefficient (Wildman–Crippen LogP) is 13.7. The molecular formula is C87H109BrN26O12Si2. The summed E-state index contributed by atoms with van der Waals surface area (Å²) in [7, 11) is -1.55. The third-order valence-corrected chi connectivity index (χ3v) is 25.9. The molecule has 41 heteroatoms. The molecule has 0 unspecified atom stereocenters. The maximum Gasteiger partial charge on any atom is 0.373 e. The van der Waals surface area contributed by atoms with Gasteiger partial charge in [0.1, 0.15) is 46.3 Å². The van der Waals surface area contributed by atoms with E-state index in [-0.39, 0.29) is 59.8 Å². The van der Waals surface area contributed by atoms with Gasteiger partial charge in [0.25, 0.3) is 0 Å². The van der Waals surface area contributed by atoms with Crippen molar-refractivity contribution in [2.24, 2.45) is 5.11 Å². The molecular weight excluding hydrogens is 1740 g/mol. The summed E-state index contributed by atoms with van der Waals surface area (Å²) in [5.74, 6) is 7.00. The van der Waals surface area contributed by atoms with Crippen LogP contribution in [0.15, 0.2) is 181 Å². The zero-order valence-corrected chi connectivity index (χ0v) is 77.7. The molecule has 0 aliphatic rings. The summed E-state index contributed by atoms with van der Waals surface area (Å²) >= 11 is 3.15. The first-order valence-corrected chi connectivity index (χ1v) is 45.8. The fraction of sp³-hybridized carbons (Fsp3) is 0.310. The molecule has 674 valence electrons. The largest absolute Gasteiger partial charge is 0.411 e. The van der Waals surface area contributed by atoms with Crippen molar-refractivity contribution < 1.29 is 57.4 Å². The molecule has 0 aliphatic heterocycles. The van der Waals surface area contributed by atoms with E-state index in [0.29, 0.717) is 88.9 Å². The van der Waals surface area contributed by atoms with Gasteiger partial charge in [-0.1, -0.05) is 141 Å². The molecule has 128 heavy (non-hydrogen) atoms. The molecule has 9 heterocycles. The molecule has 0 saturated carbocycles. The number of aliphatic hydroxyl groups is 2. The number of nitrogens with zero attached hydrogens (tertiary/aromatic N) is 18. The minimum Gasteiger partial charge on any atom is -0.411 e. The number of hydrogen-bond acceptors (Lipinski definition) is 35. The summed E-state index contributed by atoms with van der Waals surface area (Å²) in [4.78, 5) is 110. The Hall–Kier alpha value is -14.8. The highest BCUT2D eigenvalue weighted by molar-refractivity contribution is 9.09. The van der Waals surface area contributed by atoms with Crippen molar-refractivity contribution in [2.75, 3.05) is 76.2 Å². The van der Waals surface area contributed by atoms with Crippen LogP contribution in [0, 0.1) is 35.0 Å². The van der Waals surface area contributed by atoms with Gasteiger partial charge in [-0.2, -0.15) is 48.9 Å². The number of aliphatic hydroxyl groups excluding tert-OH is 2. The molecule has 0 spiro atoms. The number of nitrogens with two attached hydrogens (primary N) is 4. The second-order valence-corrected chi connectivity index (χ2v) is 39.0. The Labute approximate surface area is 754 Å². The summed E-state index contributed by atoms with van der Waals surface area (Å²) < 4.78 is 13.9. The number of halogens is 1. The number of alkyl halides is 1. The van der Waals surface area contributed by atoms with Gasteiger partial charge >= 0.3 is 24.6 Å². The monoisotopic (exact) mass is 1840 g/mol. The van der Waals surface area contributed by atoms with Crippen molar-refractivity contribution in [2.45, 2.75) is 145 Å². The first-order chi connectivity index (χ1) is 61.0. The predicted molar refractivity (Wildman–Crippen MR) is 494 cm³/mol. The lowest BCUT2D eigenvalue weighted by Gasteiger charge is -2.36. The quantitative estimate of drug-likeness (QED) is 0.00752. The number of benzene rings is 2. The van der Waals surface area contributed by atoms with Crippen LogP contribution in [-0.4, -0.2) is 148 Å². The molecule has 0 atom stereocenters. The number of hydrogen-bond donors (Lipinski definition) is 10. The van der Waals surface area contributed by atoms with Gasteiger partial charge in [-0.3, -0.25) is 0 Å². The second kappa shape index (κ2) is 64.0. The zero-order valence-electron chi connectivity index (χ0n) is 74.1. The van der Waals surface area contributed by atoms with Gasteiger partial charge in [0.15, 0.2) is 16.6 Å². The highest BCUT2D eigenvalue weighted by Crippen LogP contribution is 2.38. The summed E-state index contributed by atoms with van der Waals surface area (Å²) in [6, 6.07) is 55.5. The van der Waals surface area contributed by atoms with Crippen molar-refractivity contribution in [3.8, 4) is 58.4 Å². The zero-order chi connectivity index (χ0) is 96.5. The number of pyridine rings is 6. The lowest BCUT2D eigenvalue weighted by Crippen LogP contribution is -2.40. The van der Waals surface area contributed by atoms with Crippen LogP contribution in [0.25, 0.3) is 44.3 Å². The lowest BCUT2D eigenvalue weighted by atomic mass is 10.1. The van der Waals surface area contributed by atoms with Crippen LogP contribution in [0.3, 0.4) is 0 Å². The van der Waals surface area contributed by atoms with Gasteiger partial charge in [0.2, 0.25) is 11.9 Å². The molecule has 0 fully saturated rings. The van der Waals surface area contributed by atoms with Crippen LogP contribution < -0.4 is 44.2 Å². The van der Waals surface area contributed by atoms with Crippen LogP contribution in [0.1, 0.15) is 120 Å². The van der Waals surface area contributed by atoms with Crippen molar-refractivity contribution in [1.82, 2.24) is 64.8 Å². The highest BCUT2D eigenvalue weighted by Gasteiger charge is 2.38. The number of azide groups is 1. The van der Waals surface area contributed by atoms with E-state index in [9.17, 15) is 0 Å². The van der Waals surface area contributed by atoms with Crippen molar-refractivity contribution in [3.63, 3.8) is 0 Å². The molecule has 11 aromatic rings. The third kappa shape index (κ3) is 47.1. The Balaban J connectivity index is 0.00000147. The Morgan fingerprint density at radius 3 is 1.24 bits per heavy atom. The summed E-state index contributed by atoms with van der Waals surface area (Å²) in [5.41, 5.74) is 40.8. The van der Waals surface area contributed by atoms with E-state index in [0.717, 1.165) is 82.1 Å². The average molecular weight is 1850 g/mol. The van der Waals surface area contributed by atoms with Gasteiger partial charge in [-0.15, -0.1) is 11.5 Å². The number of nitriles is 2. The lowest BCUT2D eigenvalue weighted by molar-refractivity contribution is -0.193. The molecule has 0 radical (unpaired) electrons. The maximum absolute atomic E-state index is 9.12. The molecule has 9 aromatic heterocycles. The van der Waals surface area contributed by atoms with Gasteiger partial charge < -0.3 is 63.3 Å². The second-order valence-electron chi connectivity index (χ2n) is 28.2. The third-order valence-electron chi connectivity index (χ3n) is 16.9. The van der Waals surface area contributed by atoms with Crippen LogP contribution >= 0.6 is 15.9 Å². The number of nitrogens with one attached hydrogen (secondary N) is 4. The van der Waals surface area contributed by atoms with Crippen LogP contribution in [0.5, 0.6) is 0 Å². The fourth-order valence-electron chi connectivity index (χ4n) is 9.04. The fourth-order valence-corrected chi connectivity index (χ4v) is 10.9. The minimum atomic E-state index is -1.69. The minimum absolute atomic E-state index is 0.000760. The van der Waals surface area contributed by atoms with Gasteiger partial charge in [0.05, 0.1) is 115 Å². The van der Waals surface area contributed by atoms with Crippen molar-refractivity contribution >= 4 is 104 Å². The van der Waals surface area contributed by atoms with Crippen molar-refractivity contribution in [3.05, 3.63) is 237 Å². The van der Waals surface area contributed by atoms with E-state index < -0.39 is 16.6 Å². The Morgan fingerprint density at radius 1 is 0.492 bits per heavy atom. The standard InChI is InChI=1S/C20H17N9.C14H26N2OSi.C13H8N4.C12H22N2OSi.C8H11N5.C8H12N2O.C6H8N2O.C2H5Br.4CO2/c1-23-19-7-3-6-15(24-19)11-29-12-18(27-28-29)17-9-16(25-20(22)26-17)14-5-2-4-13(8-14)10-21;1-7-15-13-10-8-9-12(16-13)11-17-18(5,6)14(2,3)4;1-2-11-7-12(17-13(15)16-11)10-5-3-4-9(6-10)8-14;1-12(2,3)16(4,5)15-9-10-7-6-8-11(13)14-10;1-2-10-8-5-3-4-7(12-8)6-11-13-9;1-2-9-8-5-3-4-7(6-11)10-8;7-6-3-1-2-5(4-9)8-6;1-2-3;4*2-1-3/h2-9,12H,11H2,1H3,(H,23,24)(H2,22,25,26);8-10H,7,11H2,1-6H3,(H,15,16);1,3-7H,(H2,15,16,17);6-8H,9H2,1-5H3,(H2,13,14);3-5H,2,6H2,1H3,(H,10,12);3-5,11H,2,6H2,1H3,(H,9,10);1-3,9H,4H2,(H2,7,8);2H2,1H3;;;;. The molecule has 0 aliphatic carbocycles. The van der Waals surface area contributed by atoms with E-state index in [2.05, 4.69) is 200 Å². The summed E-state index contributed by atoms with van der Waals surface area (Å²) in [6.45, 7) is 35.0. The van der Waals surface area contributed by atoms with Gasteiger partial charge in [-0.05, 0) is 172 Å². The Kier molecular flexibility index (Phi) is 56.6. The van der Waals surface area contributed by atoms with Crippen LogP contribution in [-0.2, 0) is 86.7 Å². The number of rotatable bonds is 22. The molecule has 14 N–H and O–H groups in total. The smallest absolute Gasteiger partial charge is 0.373 e. The number of aromatic nitrogens is 13. The first kappa shape index (κ1) is 113. The van der Waals surface area contributed by atoms with Gasteiger partial charge in [-0.25, -0.2) is 54.5 Å². The molecule has 11 rings (SSSR count). The summed E-state index contributed by atoms with van der Waals surface area (Å²) in [6.07, 6.45) is 8.06. The highest BCUT2D eigenvalue weighted by atomic mass is 79.9. The van der Waals surface area contributed by atoms with E-state index in [4.69, 9.17) is 103 Å². The number of nitrogen functional groups attached to an aromatic ring is 4. The average Bonchev–Trinajstić information content (AvgIpc) is 1.63. The Morgan fingerprint density at radius 2 is 0.844 bits per heavy atom. The molecule has 0 bridgehead atoms. The van der Waals surface area contributed by atoms with E-state index >= 15 is 0 Å². The molecule has 0 amide bonds. The van der Waals surface area contributed by atoms with Crippen LogP contribution in [0.2, 0.25) is 36.3 Å². The van der Waals surface area contributed by atoms with E-state index in [1.807, 2.05) is 119 Å². The van der Waals surface area contributed by atoms with E-state index in [1.54, 1.807) is 89.7 Å². The molecule has 0 saturated heterocycles. The molecule has 2 aromatic carbocycles. The molecule has 38 nitrogen and oxygen atoms in total.